The van der Waals surface area contributed by atoms with Crippen LogP contribution in [0.5, 0.6) is 0 Å². The molecule has 1 aliphatic rings. The minimum atomic E-state index is 0.972. The molecule has 0 heteroatoms. The molecule has 1 radical (unpaired) electrons. The van der Waals surface area contributed by atoms with E-state index in [4.69, 9.17) is 0 Å². The molecule has 0 aromatic heterocycles. The molecule has 0 unspecified atom stereocenters. The first-order valence-electron chi connectivity index (χ1n) is 5.52. The van der Waals surface area contributed by atoms with Crippen molar-refractivity contribution in [2.45, 2.75) is 38.5 Å². The molecule has 0 aromatic rings. The van der Waals surface area contributed by atoms with Gasteiger partial charge in [-0.1, -0.05) is 42.5 Å². The van der Waals surface area contributed by atoms with Gasteiger partial charge < -0.3 is 0 Å². The third-order valence-corrected chi connectivity index (χ3v) is 2.15. The second-order valence-corrected chi connectivity index (χ2v) is 3.45. The number of allylic oxidation sites excluding steroid dienone is 8. The van der Waals surface area contributed by atoms with Crippen molar-refractivity contribution in [3.8, 4) is 0 Å². The topological polar surface area (TPSA) is 0 Å². The highest BCUT2D eigenvalue weighted by Gasteiger charge is 1.81. The monoisotopic (exact) mass is 187 g/mol. The molecule has 0 saturated heterocycles. The Morgan fingerprint density at radius 3 is 2.43 bits per heavy atom. The number of hydrogen-bond acceptors (Lipinski definition) is 0. The van der Waals surface area contributed by atoms with Crippen molar-refractivity contribution in [3.05, 3.63) is 48.6 Å². The predicted molar refractivity (Wildman–Crippen MR) is 62.9 cm³/mol. The van der Waals surface area contributed by atoms with E-state index in [1.165, 1.54) is 12.8 Å². The van der Waals surface area contributed by atoms with Gasteiger partial charge in [-0.2, -0.15) is 0 Å². The molecule has 0 saturated carbocycles. The van der Waals surface area contributed by atoms with Gasteiger partial charge in [0.2, 0.25) is 0 Å². The van der Waals surface area contributed by atoms with Crippen molar-refractivity contribution in [2.24, 2.45) is 0 Å². The Bertz CT molecular complexity index is 228. The third-order valence-electron chi connectivity index (χ3n) is 2.15. The van der Waals surface area contributed by atoms with E-state index in [0.29, 0.717) is 0 Å². The first-order chi connectivity index (χ1) is 7.00. The molecule has 0 bridgehead atoms. The molecular formula is C14H19. The lowest BCUT2D eigenvalue weighted by Gasteiger charge is -1.91. The van der Waals surface area contributed by atoms with Crippen LogP contribution in [0.15, 0.2) is 42.5 Å². The molecule has 14 heavy (non-hydrogen) atoms. The average Bonchev–Trinajstić information content (AvgIpc) is 2.22. The molecule has 0 aliphatic heterocycles. The Kier molecular flexibility index (Phi) is 6.74. The number of rotatable bonds is 0. The summed E-state index contributed by atoms with van der Waals surface area (Å²) in [7, 11) is 0. The minimum Gasteiger partial charge on any atom is -0.0879 e. The van der Waals surface area contributed by atoms with Gasteiger partial charge in [-0.25, -0.2) is 0 Å². The van der Waals surface area contributed by atoms with Crippen LogP contribution in [0.4, 0.5) is 0 Å². The molecule has 75 valence electrons. The summed E-state index contributed by atoms with van der Waals surface area (Å²) in [4.78, 5) is 0. The molecular weight excluding hydrogens is 168 g/mol. The van der Waals surface area contributed by atoms with Gasteiger partial charge in [-0.3, -0.25) is 0 Å². The van der Waals surface area contributed by atoms with Crippen molar-refractivity contribution in [3.63, 3.8) is 0 Å². The Balaban J connectivity index is 2.34. The van der Waals surface area contributed by atoms with E-state index < -0.39 is 0 Å². The minimum absolute atomic E-state index is 0.972. The van der Waals surface area contributed by atoms with Gasteiger partial charge in [0, 0.05) is 0 Å². The smallest absolute Gasteiger partial charge is 0.00979 e. The van der Waals surface area contributed by atoms with Gasteiger partial charge in [-0.05, 0) is 44.6 Å². The summed E-state index contributed by atoms with van der Waals surface area (Å²) in [6.07, 6.45) is 25.5. The summed E-state index contributed by atoms with van der Waals surface area (Å²) in [5.41, 5.74) is 0. The van der Waals surface area contributed by atoms with Crippen molar-refractivity contribution in [1.29, 1.82) is 0 Å². The molecule has 0 aromatic carbocycles. The normalized spacial score (nSPS) is 28.6. The van der Waals surface area contributed by atoms with Gasteiger partial charge in [0.05, 0.1) is 0 Å². The van der Waals surface area contributed by atoms with Crippen LogP contribution in [0.2, 0.25) is 0 Å². The van der Waals surface area contributed by atoms with Crippen molar-refractivity contribution >= 4 is 0 Å². The molecule has 0 fully saturated rings. The fraction of sp³-hybridized carbons (Fsp3) is 0.429. The zero-order valence-electron chi connectivity index (χ0n) is 8.78. The Morgan fingerprint density at radius 1 is 0.714 bits per heavy atom. The maximum Gasteiger partial charge on any atom is -0.00979 e. The van der Waals surface area contributed by atoms with Crippen LogP contribution in [-0.2, 0) is 0 Å². The molecule has 0 heterocycles. The summed E-state index contributed by atoms with van der Waals surface area (Å²) in [6, 6.07) is 0. The second kappa shape index (κ2) is 8.55. The van der Waals surface area contributed by atoms with Gasteiger partial charge >= 0.3 is 0 Å². The largest absolute Gasteiger partial charge is 0.0879 e. The van der Waals surface area contributed by atoms with Crippen LogP contribution in [0, 0.1) is 6.08 Å². The fourth-order valence-electron chi connectivity index (χ4n) is 1.33. The molecule has 0 amide bonds. The standard InChI is InChI=1S/C14H19/c1-2-4-6-8-10-12-14-13-11-9-7-5-3-1/h1-4,9,11-12H,5-8,10,13H2/b3-1+,4-2-,11-9+,14-12?. The maximum absolute atomic E-state index is 3.29. The lowest BCUT2D eigenvalue weighted by molar-refractivity contribution is 0.863. The highest BCUT2D eigenvalue weighted by atomic mass is 13.9. The lowest BCUT2D eigenvalue weighted by atomic mass is 10.2. The summed E-state index contributed by atoms with van der Waals surface area (Å²) in [6.45, 7) is 0. The summed E-state index contributed by atoms with van der Waals surface area (Å²) < 4.78 is 0. The zero-order chi connectivity index (χ0) is 9.90. The quantitative estimate of drug-likeness (QED) is 0.494. The van der Waals surface area contributed by atoms with Crippen LogP contribution >= 0.6 is 0 Å². The van der Waals surface area contributed by atoms with Crippen LogP contribution in [0.25, 0.3) is 0 Å². The zero-order valence-corrected chi connectivity index (χ0v) is 8.78. The summed E-state index contributed by atoms with van der Waals surface area (Å²) in [5.74, 6) is 0. The highest BCUT2D eigenvalue weighted by molar-refractivity contribution is 5.03. The Hall–Kier alpha value is -1.04. The van der Waals surface area contributed by atoms with Crippen LogP contribution in [0.3, 0.4) is 0 Å². The van der Waals surface area contributed by atoms with Crippen LogP contribution < -0.4 is 0 Å². The van der Waals surface area contributed by atoms with Crippen LogP contribution in [-0.4, -0.2) is 0 Å². The van der Waals surface area contributed by atoms with Crippen molar-refractivity contribution in [2.75, 3.05) is 0 Å². The molecule has 0 nitrogen and oxygen atoms in total. The molecule has 0 spiro atoms. The van der Waals surface area contributed by atoms with Crippen molar-refractivity contribution in [1.82, 2.24) is 0 Å². The van der Waals surface area contributed by atoms with E-state index in [0.717, 1.165) is 25.7 Å². The summed E-state index contributed by atoms with van der Waals surface area (Å²) in [5, 5.41) is 0. The fourth-order valence-corrected chi connectivity index (χ4v) is 1.33. The van der Waals surface area contributed by atoms with E-state index in [9.17, 15) is 0 Å². The molecule has 1 rings (SSSR count). The lowest BCUT2D eigenvalue weighted by Crippen LogP contribution is -1.71. The number of hydrogen-bond donors (Lipinski definition) is 0. The third kappa shape index (κ3) is 6.47. The first kappa shape index (κ1) is 11.0. The maximum atomic E-state index is 3.29. The Labute approximate surface area is 87.7 Å². The van der Waals surface area contributed by atoms with Gasteiger partial charge in [-0.15, -0.1) is 0 Å². The second-order valence-electron chi connectivity index (χ2n) is 3.45. The molecule has 0 N–H and O–H groups in total. The van der Waals surface area contributed by atoms with E-state index in [1.807, 2.05) is 0 Å². The molecule has 0 atom stereocenters. The van der Waals surface area contributed by atoms with Gasteiger partial charge in [0.25, 0.3) is 0 Å². The molecule has 1 aliphatic carbocycles. The van der Waals surface area contributed by atoms with Gasteiger partial charge in [0.15, 0.2) is 0 Å². The highest BCUT2D eigenvalue weighted by Crippen LogP contribution is 2.01. The predicted octanol–water partition coefficient (Wildman–Crippen LogP) is 4.37. The van der Waals surface area contributed by atoms with E-state index in [1.54, 1.807) is 0 Å². The summed E-state index contributed by atoms with van der Waals surface area (Å²) >= 11 is 0. The first-order valence-corrected chi connectivity index (χ1v) is 5.52. The Morgan fingerprint density at radius 2 is 1.50 bits per heavy atom. The van der Waals surface area contributed by atoms with Crippen molar-refractivity contribution < 1.29 is 0 Å². The van der Waals surface area contributed by atoms with E-state index >= 15 is 0 Å². The SMILES string of the molecule is [C]1=C/CCC/C=C\C=C\CC/C=C/C/1. The average molecular weight is 187 g/mol. The van der Waals surface area contributed by atoms with Crippen LogP contribution in [0.1, 0.15) is 38.5 Å². The van der Waals surface area contributed by atoms with Gasteiger partial charge in [0.1, 0.15) is 0 Å². The van der Waals surface area contributed by atoms with E-state index in [2.05, 4.69) is 48.6 Å². The van der Waals surface area contributed by atoms with E-state index in [-0.39, 0.29) is 0 Å².